The maximum Gasteiger partial charge on any atom is 0.251 e. The SMILES string of the molecule is CCCCC(C)NC(=O)c1ccc(S(N)(=O)=O)cc1C. The van der Waals surface area contributed by atoms with Gasteiger partial charge in [-0.3, -0.25) is 4.79 Å². The van der Waals surface area contributed by atoms with Crippen LogP contribution in [0.1, 0.15) is 49.0 Å². The molecule has 1 aromatic carbocycles. The summed E-state index contributed by atoms with van der Waals surface area (Å²) in [6.45, 7) is 5.76. The van der Waals surface area contributed by atoms with Gasteiger partial charge in [0, 0.05) is 11.6 Å². The Hall–Kier alpha value is -1.40. The summed E-state index contributed by atoms with van der Waals surface area (Å²) in [4.78, 5) is 12.1. The van der Waals surface area contributed by atoms with E-state index in [0.29, 0.717) is 11.1 Å². The van der Waals surface area contributed by atoms with Gasteiger partial charge in [-0.25, -0.2) is 13.6 Å². The highest BCUT2D eigenvalue weighted by molar-refractivity contribution is 7.89. The van der Waals surface area contributed by atoms with Crippen LogP contribution in [-0.4, -0.2) is 20.4 Å². The number of hydrogen-bond acceptors (Lipinski definition) is 3. The van der Waals surface area contributed by atoms with Gasteiger partial charge in [0.25, 0.3) is 5.91 Å². The van der Waals surface area contributed by atoms with Gasteiger partial charge in [0.2, 0.25) is 10.0 Å². The number of primary sulfonamides is 1. The molecule has 1 amide bonds. The molecule has 1 unspecified atom stereocenters. The topological polar surface area (TPSA) is 89.3 Å². The van der Waals surface area contributed by atoms with Crippen LogP contribution in [0.4, 0.5) is 0 Å². The Morgan fingerprint density at radius 2 is 2.05 bits per heavy atom. The standard InChI is InChI=1S/C14H22N2O3S/c1-4-5-6-11(3)16-14(17)13-8-7-12(9-10(13)2)20(15,18)19/h7-9,11H,4-6H2,1-3H3,(H,16,17)(H2,15,18,19). The molecule has 1 atom stereocenters. The smallest absolute Gasteiger partial charge is 0.251 e. The van der Waals surface area contributed by atoms with E-state index < -0.39 is 10.0 Å². The van der Waals surface area contributed by atoms with Gasteiger partial charge in [-0.05, 0) is 44.0 Å². The highest BCUT2D eigenvalue weighted by atomic mass is 32.2. The Balaban J connectivity index is 2.84. The van der Waals surface area contributed by atoms with E-state index in [0.717, 1.165) is 19.3 Å². The van der Waals surface area contributed by atoms with E-state index in [4.69, 9.17) is 5.14 Å². The largest absolute Gasteiger partial charge is 0.350 e. The number of nitrogens with one attached hydrogen (secondary N) is 1. The molecule has 0 aliphatic rings. The highest BCUT2D eigenvalue weighted by Gasteiger charge is 2.15. The Labute approximate surface area is 120 Å². The molecule has 112 valence electrons. The molecule has 0 saturated heterocycles. The van der Waals surface area contributed by atoms with Crippen LogP contribution < -0.4 is 10.5 Å². The van der Waals surface area contributed by atoms with Gasteiger partial charge in [-0.2, -0.15) is 0 Å². The van der Waals surface area contributed by atoms with Gasteiger partial charge in [0.05, 0.1) is 4.90 Å². The average molecular weight is 298 g/mol. The Morgan fingerprint density at radius 3 is 2.55 bits per heavy atom. The minimum absolute atomic E-state index is 0.0191. The zero-order valence-electron chi connectivity index (χ0n) is 12.1. The number of amides is 1. The average Bonchev–Trinajstić information content (AvgIpc) is 2.34. The monoisotopic (exact) mass is 298 g/mol. The van der Waals surface area contributed by atoms with E-state index in [1.165, 1.54) is 18.2 Å². The summed E-state index contributed by atoms with van der Waals surface area (Å²) in [5.41, 5.74) is 1.07. The summed E-state index contributed by atoms with van der Waals surface area (Å²) >= 11 is 0. The summed E-state index contributed by atoms with van der Waals surface area (Å²) < 4.78 is 22.5. The van der Waals surface area contributed by atoms with Crippen molar-refractivity contribution in [2.75, 3.05) is 0 Å². The van der Waals surface area contributed by atoms with Crippen molar-refractivity contribution in [3.05, 3.63) is 29.3 Å². The molecule has 1 rings (SSSR count). The molecular formula is C14H22N2O3S. The molecule has 0 aliphatic carbocycles. The van der Waals surface area contributed by atoms with Crippen LogP contribution in [0, 0.1) is 6.92 Å². The van der Waals surface area contributed by atoms with Crippen molar-refractivity contribution >= 4 is 15.9 Å². The minimum Gasteiger partial charge on any atom is -0.350 e. The lowest BCUT2D eigenvalue weighted by molar-refractivity contribution is 0.0937. The molecule has 0 aromatic heterocycles. The number of hydrogen-bond donors (Lipinski definition) is 2. The Bertz CT molecular complexity index is 582. The number of aryl methyl sites for hydroxylation is 1. The van der Waals surface area contributed by atoms with Crippen LogP contribution in [0.25, 0.3) is 0 Å². The van der Waals surface area contributed by atoms with E-state index >= 15 is 0 Å². The van der Waals surface area contributed by atoms with Crippen molar-refractivity contribution < 1.29 is 13.2 Å². The van der Waals surface area contributed by atoms with E-state index in [9.17, 15) is 13.2 Å². The van der Waals surface area contributed by atoms with Gasteiger partial charge < -0.3 is 5.32 Å². The highest BCUT2D eigenvalue weighted by Crippen LogP contribution is 2.14. The van der Waals surface area contributed by atoms with Crippen LogP contribution in [0.5, 0.6) is 0 Å². The second kappa shape index (κ2) is 6.85. The molecule has 0 fully saturated rings. The third-order valence-corrected chi connectivity index (χ3v) is 4.05. The quantitative estimate of drug-likeness (QED) is 0.841. The number of sulfonamides is 1. The predicted octanol–water partition coefficient (Wildman–Crippen LogP) is 1.95. The number of carbonyl (C=O) groups excluding carboxylic acids is 1. The Kier molecular flexibility index (Phi) is 5.71. The van der Waals surface area contributed by atoms with Crippen molar-refractivity contribution in [1.29, 1.82) is 0 Å². The first-order chi connectivity index (χ1) is 9.25. The number of rotatable bonds is 6. The van der Waals surface area contributed by atoms with Gasteiger partial charge in [-0.1, -0.05) is 19.8 Å². The van der Waals surface area contributed by atoms with Gasteiger partial charge >= 0.3 is 0 Å². The minimum atomic E-state index is -3.73. The molecule has 3 N–H and O–H groups in total. The van der Waals surface area contributed by atoms with Crippen LogP contribution in [-0.2, 0) is 10.0 Å². The lowest BCUT2D eigenvalue weighted by Crippen LogP contribution is -2.33. The third-order valence-electron chi connectivity index (χ3n) is 3.14. The van der Waals surface area contributed by atoms with Crippen LogP contribution in [0.2, 0.25) is 0 Å². The second-order valence-electron chi connectivity index (χ2n) is 5.04. The summed E-state index contributed by atoms with van der Waals surface area (Å²) in [6.07, 6.45) is 3.07. The van der Waals surface area contributed by atoms with E-state index in [1.54, 1.807) is 6.92 Å². The van der Waals surface area contributed by atoms with Crippen LogP contribution in [0.15, 0.2) is 23.1 Å². The van der Waals surface area contributed by atoms with Crippen molar-refractivity contribution in [3.63, 3.8) is 0 Å². The summed E-state index contributed by atoms with van der Waals surface area (Å²) in [5.74, 6) is -0.188. The summed E-state index contributed by atoms with van der Waals surface area (Å²) in [7, 11) is -3.73. The maximum atomic E-state index is 12.1. The lowest BCUT2D eigenvalue weighted by atomic mass is 10.1. The first kappa shape index (κ1) is 16.7. The molecule has 6 heteroatoms. The predicted molar refractivity (Wildman–Crippen MR) is 79.0 cm³/mol. The zero-order valence-corrected chi connectivity index (χ0v) is 13.0. The molecule has 0 spiro atoms. The van der Waals surface area contributed by atoms with Crippen LogP contribution >= 0.6 is 0 Å². The number of unbranched alkanes of at least 4 members (excludes halogenated alkanes) is 1. The first-order valence-electron chi connectivity index (χ1n) is 6.70. The molecule has 0 saturated carbocycles. The molecular weight excluding hydrogens is 276 g/mol. The fraction of sp³-hybridized carbons (Fsp3) is 0.500. The van der Waals surface area contributed by atoms with E-state index in [1.807, 2.05) is 6.92 Å². The zero-order chi connectivity index (χ0) is 15.3. The lowest BCUT2D eigenvalue weighted by Gasteiger charge is -2.14. The molecule has 0 heterocycles. The van der Waals surface area contributed by atoms with Gasteiger partial charge in [0.15, 0.2) is 0 Å². The number of carbonyl (C=O) groups is 1. The maximum absolute atomic E-state index is 12.1. The number of benzene rings is 1. The molecule has 5 nitrogen and oxygen atoms in total. The fourth-order valence-corrected chi connectivity index (χ4v) is 2.55. The van der Waals surface area contributed by atoms with Gasteiger partial charge in [-0.15, -0.1) is 0 Å². The summed E-state index contributed by atoms with van der Waals surface area (Å²) in [5, 5.41) is 7.97. The van der Waals surface area contributed by atoms with E-state index in [2.05, 4.69) is 12.2 Å². The third kappa shape index (κ3) is 4.61. The van der Waals surface area contributed by atoms with Crippen molar-refractivity contribution in [2.24, 2.45) is 5.14 Å². The van der Waals surface area contributed by atoms with Crippen LogP contribution in [0.3, 0.4) is 0 Å². The molecule has 0 aliphatic heterocycles. The molecule has 0 bridgehead atoms. The first-order valence-corrected chi connectivity index (χ1v) is 8.24. The Morgan fingerprint density at radius 1 is 1.40 bits per heavy atom. The fourth-order valence-electron chi connectivity index (χ4n) is 1.95. The number of nitrogens with two attached hydrogens (primary N) is 1. The molecule has 1 aromatic rings. The van der Waals surface area contributed by atoms with Crippen molar-refractivity contribution in [3.8, 4) is 0 Å². The second-order valence-corrected chi connectivity index (χ2v) is 6.60. The van der Waals surface area contributed by atoms with Crippen molar-refractivity contribution in [2.45, 2.75) is 51.0 Å². The normalized spacial score (nSPS) is 13.0. The van der Waals surface area contributed by atoms with E-state index in [-0.39, 0.29) is 16.8 Å². The molecule has 0 radical (unpaired) electrons. The van der Waals surface area contributed by atoms with Crippen molar-refractivity contribution in [1.82, 2.24) is 5.32 Å². The molecule has 20 heavy (non-hydrogen) atoms. The van der Waals surface area contributed by atoms with Gasteiger partial charge in [0.1, 0.15) is 0 Å². The summed E-state index contributed by atoms with van der Waals surface area (Å²) in [6, 6.07) is 4.37.